The standard InChI is InChI=1S/C15H18F3NO3/c1-10(11-5-4-8-19(9-11)14(20)21)22-13-7-3-2-6-12(13)15(16,17)18/h2-3,6-7,10-11H,4-5,8-9H2,1H3,(H,20,21). The molecule has 0 bridgehead atoms. The first-order chi connectivity index (χ1) is 10.3. The Morgan fingerprint density at radius 3 is 2.73 bits per heavy atom. The molecule has 0 aromatic heterocycles. The number of rotatable bonds is 3. The second-order valence-corrected chi connectivity index (χ2v) is 5.45. The van der Waals surface area contributed by atoms with E-state index in [9.17, 15) is 18.0 Å². The van der Waals surface area contributed by atoms with E-state index in [1.54, 1.807) is 6.92 Å². The van der Waals surface area contributed by atoms with Crippen LogP contribution in [0.4, 0.5) is 18.0 Å². The first kappa shape index (κ1) is 16.5. The Labute approximate surface area is 126 Å². The van der Waals surface area contributed by atoms with Gasteiger partial charge in [-0.3, -0.25) is 0 Å². The van der Waals surface area contributed by atoms with E-state index in [-0.39, 0.29) is 18.2 Å². The summed E-state index contributed by atoms with van der Waals surface area (Å²) in [5.74, 6) is -0.332. The minimum atomic E-state index is -4.48. The number of para-hydroxylation sites is 1. The zero-order chi connectivity index (χ0) is 16.3. The third-order valence-corrected chi connectivity index (χ3v) is 3.90. The van der Waals surface area contributed by atoms with Crippen LogP contribution < -0.4 is 4.74 Å². The highest BCUT2D eigenvalue weighted by Gasteiger charge is 2.35. The van der Waals surface area contributed by atoms with Crippen molar-refractivity contribution in [3.8, 4) is 5.75 Å². The molecule has 2 unspecified atom stereocenters. The van der Waals surface area contributed by atoms with Gasteiger partial charge < -0.3 is 14.7 Å². The maximum Gasteiger partial charge on any atom is 0.419 e. The predicted molar refractivity (Wildman–Crippen MR) is 73.9 cm³/mol. The molecule has 0 aliphatic carbocycles. The molecule has 122 valence electrons. The van der Waals surface area contributed by atoms with E-state index < -0.39 is 23.9 Å². The van der Waals surface area contributed by atoms with Crippen LogP contribution in [0, 0.1) is 5.92 Å². The Kier molecular flexibility index (Phi) is 4.83. The summed E-state index contributed by atoms with van der Waals surface area (Å²) in [6.45, 7) is 2.42. The third-order valence-electron chi connectivity index (χ3n) is 3.90. The van der Waals surface area contributed by atoms with Crippen molar-refractivity contribution in [1.82, 2.24) is 4.90 Å². The third kappa shape index (κ3) is 3.84. The van der Waals surface area contributed by atoms with Gasteiger partial charge in [0.2, 0.25) is 0 Å². The number of hydrogen-bond acceptors (Lipinski definition) is 2. The molecule has 1 aliphatic heterocycles. The number of benzene rings is 1. The molecule has 4 nitrogen and oxygen atoms in total. The van der Waals surface area contributed by atoms with Gasteiger partial charge in [0.25, 0.3) is 0 Å². The highest BCUT2D eigenvalue weighted by atomic mass is 19.4. The molecule has 1 saturated heterocycles. The first-order valence-electron chi connectivity index (χ1n) is 7.10. The number of hydrogen-bond donors (Lipinski definition) is 1. The van der Waals surface area contributed by atoms with Crippen molar-refractivity contribution < 1.29 is 27.8 Å². The number of carbonyl (C=O) groups is 1. The number of amides is 1. The molecule has 1 amide bonds. The van der Waals surface area contributed by atoms with Crippen molar-refractivity contribution in [2.75, 3.05) is 13.1 Å². The molecule has 0 radical (unpaired) electrons. The number of halogens is 3. The van der Waals surface area contributed by atoms with E-state index in [2.05, 4.69) is 0 Å². The summed E-state index contributed by atoms with van der Waals surface area (Å²) >= 11 is 0. The predicted octanol–water partition coefficient (Wildman–Crippen LogP) is 3.86. The lowest BCUT2D eigenvalue weighted by atomic mass is 9.93. The Hall–Kier alpha value is -1.92. The SMILES string of the molecule is CC(Oc1ccccc1C(F)(F)F)C1CCCN(C(=O)O)C1. The summed E-state index contributed by atoms with van der Waals surface area (Å²) in [5.41, 5.74) is -0.812. The molecule has 1 N–H and O–H groups in total. The average Bonchev–Trinajstić information content (AvgIpc) is 2.46. The number of carboxylic acid groups (broad SMARTS) is 1. The average molecular weight is 317 g/mol. The van der Waals surface area contributed by atoms with E-state index >= 15 is 0 Å². The fourth-order valence-electron chi connectivity index (χ4n) is 2.67. The number of ether oxygens (including phenoxy) is 1. The maximum atomic E-state index is 12.9. The van der Waals surface area contributed by atoms with Gasteiger partial charge in [-0.15, -0.1) is 0 Å². The summed E-state index contributed by atoms with van der Waals surface area (Å²) in [5, 5.41) is 9.01. The van der Waals surface area contributed by atoms with Gasteiger partial charge in [-0.05, 0) is 31.9 Å². The van der Waals surface area contributed by atoms with Crippen molar-refractivity contribution in [3.05, 3.63) is 29.8 Å². The zero-order valence-electron chi connectivity index (χ0n) is 12.1. The van der Waals surface area contributed by atoms with Crippen LogP contribution in [0.3, 0.4) is 0 Å². The maximum absolute atomic E-state index is 12.9. The van der Waals surface area contributed by atoms with Crippen LogP contribution in [0.15, 0.2) is 24.3 Å². The number of piperidine rings is 1. The minimum absolute atomic E-state index is 0.119. The summed E-state index contributed by atoms with van der Waals surface area (Å²) in [6.07, 6.45) is -4.56. The summed E-state index contributed by atoms with van der Waals surface area (Å²) in [7, 11) is 0. The van der Waals surface area contributed by atoms with E-state index in [1.807, 2.05) is 0 Å². The van der Waals surface area contributed by atoms with Gasteiger partial charge in [-0.1, -0.05) is 12.1 Å². The molecule has 2 rings (SSSR count). The van der Waals surface area contributed by atoms with Crippen LogP contribution in [0.1, 0.15) is 25.3 Å². The Balaban J connectivity index is 2.09. The highest BCUT2D eigenvalue weighted by molar-refractivity contribution is 5.65. The lowest BCUT2D eigenvalue weighted by Gasteiger charge is -2.34. The topological polar surface area (TPSA) is 49.8 Å². The van der Waals surface area contributed by atoms with Crippen LogP contribution in [-0.2, 0) is 6.18 Å². The molecular formula is C15H18F3NO3. The van der Waals surface area contributed by atoms with Crippen molar-refractivity contribution >= 4 is 6.09 Å². The van der Waals surface area contributed by atoms with Crippen molar-refractivity contribution in [2.24, 2.45) is 5.92 Å². The molecule has 22 heavy (non-hydrogen) atoms. The normalized spacial score (nSPS) is 20.5. The van der Waals surface area contributed by atoms with E-state index in [1.165, 1.54) is 23.1 Å². The molecule has 2 atom stereocenters. The zero-order valence-corrected chi connectivity index (χ0v) is 12.1. The fourth-order valence-corrected chi connectivity index (χ4v) is 2.67. The highest BCUT2D eigenvalue weighted by Crippen LogP contribution is 2.37. The van der Waals surface area contributed by atoms with Gasteiger partial charge in [0, 0.05) is 19.0 Å². The van der Waals surface area contributed by atoms with Crippen molar-refractivity contribution in [1.29, 1.82) is 0 Å². The van der Waals surface area contributed by atoms with Gasteiger partial charge in [-0.25, -0.2) is 4.79 Å². The first-order valence-corrected chi connectivity index (χ1v) is 7.10. The summed E-state index contributed by atoms with van der Waals surface area (Å²) in [4.78, 5) is 12.3. The molecule has 7 heteroatoms. The monoisotopic (exact) mass is 317 g/mol. The number of alkyl halides is 3. The van der Waals surface area contributed by atoms with E-state index in [0.29, 0.717) is 13.0 Å². The van der Waals surface area contributed by atoms with E-state index in [4.69, 9.17) is 9.84 Å². The molecule has 0 saturated carbocycles. The van der Waals surface area contributed by atoms with Gasteiger partial charge in [0.15, 0.2) is 0 Å². The molecule has 1 fully saturated rings. The molecule has 1 aromatic carbocycles. The van der Waals surface area contributed by atoms with Gasteiger partial charge in [-0.2, -0.15) is 13.2 Å². The van der Waals surface area contributed by atoms with Crippen LogP contribution in [0.2, 0.25) is 0 Å². The van der Waals surface area contributed by atoms with Crippen LogP contribution in [-0.4, -0.2) is 35.3 Å². The largest absolute Gasteiger partial charge is 0.490 e. The Bertz CT molecular complexity index is 533. The lowest BCUT2D eigenvalue weighted by molar-refractivity contribution is -0.139. The Morgan fingerprint density at radius 2 is 2.09 bits per heavy atom. The van der Waals surface area contributed by atoms with E-state index in [0.717, 1.165) is 12.5 Å². The van der Waals surface area contributed by atoms with Crippen LogP contribution >= 0.6 is 0 Å². The summed E-state index contributed by atoms with van der Waals surface area (Å²) in [6, 6.07) is 5.07. The lowest BCUT2D eigenvalue weighted by Crippen LogP contribution is -2.43. The van der Waals surface area contributed by atoms with Crippen molar-refractivity contribution in [2.45, 2.75) is 32.0 Å². The fraction of sp³-hybridized carbons (Fsp3) is 0.533. The second-order valence-electron chi connectivity index (χ2n) is 5.45. The second kappa shape index (κ2) is 6.46. The molecule has 1 aromatic rings. The number of likely N-dealkylation sites (tertiary alicyclic amines) is 1. The minimum Gasteiger partial charge on any atom is -0.490 e. The van der Waals surface area contributed by atoms with Gasteiger partial charge in [0.1, 0.15) is 11.9 Å². The smallest absolute Gasteiger partial charge is 0.419 e. The molecule has 0 spiro atoms. The van der Waals surface area contributed by atoms with Gasteiger partial charge >= 0.3 is 12.3 Å². The quantitative estimate of drug-likeness (QED) is 0.921. The number of nitrogens with zero attached hydrogens (tertiary/aromatic N) is 1. The summed E-state index contributed by atoms with van der Waals surface area (Å²) < 4.78 is 44.3. The van der Waals surface area contributed by atoms with Crippen molar-refractivity contribution in [3.63, 3.8) is 0 Å². The Morgan fingerprint density at radius 1 is 1.41 bits per heavy atom. The molecule has 1 aliphatic rings. The van der Waals surface area contributed by atoms with Crippen LogP contribution in [0.25, 0.3) is 0 Å². The molecular weight excluding hydrogens is 299 g/mol. The molecule has 1 heterocycles. The van der Waals surface area contributed by atoms with Crippen LogP contribution in [0.5, 0.6) is 5.75 Å². The van der Waals surface area contributed by atoms with Gasteiger partial charge in [0.05, 0.1) is 5.56 Å².